The van der Waals surface area contributed by atoms with E-state index in [4.69, 9.17) is 4.74 Å². The first-order valence-corrected chi connectivity index (χ1v) is 10.4. The molecule has 0 spiro atoms. The Morgan fingerprint density at radius 2 is 2.15 bits per heavy atom. The lowest BCUT2D eigenvalue weighted by molar-refractivity contribution is 0.115. The third-order valence-corrected chi connectivity index (χ3v) is 5.70. The molecule has 2 fully saturated rings. The van der Waals surface area contributed by atoms with Gasteiger partial charge in [-0.1, -0.05) is 22.0 Å². The fourth-order valence-corrected chi connectivity index (χ4v) is 3.76. The topological polar surface area (TPSA) is 40.1 Å². The first kappa shape index (κ1) is 22.7. The van der Waals surface area contributed by atoms with Crippen LogP contribution in [0.3, 0.4) is 0 Å². The van der Waals surface area contributed by atoms with Crippen molar-refractivity contribution in [3.8, 4) is 0 Å². The number of guanidine groups is 1. The predicted molar refractivity (Wildman–Crippen MR) is 127 cm³/mol. The van der Waals surface area contributed by atoms with E-state index in [2.05, 4.69) is 67.4 Å². The van der Waals surface area contributed by atoms with Gasteiger partial charge < -0.3 is 19.9 Å². The fraction of sp³-hybridized carbons (Fsp3) is 0.650. The van der Waals surface area contributed by atoms with Gasteiger partial charge in [-0.05, 0) is 49.3 Å². The maximum Gasteiger partial charge on any atom is 0.193 e. The quantitative estimate of drug-likeness (QED) is 0.231. The average molecular weight is 551 g/mol. The van der Waals surface area contributed by atoms with Crippen molar-refractivity contribution in [2.75, 3.05) is 58.4 Å². The van der Waals surface area contributed by atoms with Crippen LogP contribution < -0.4 is 10.2 Å². The number of rotatable bonds is 8. The molecule has 1 aliphatic heterocycles. The monoisotopic (exact) mass is 550 g/mol. The molecule has 27 heavy (non-hydrogen) atoms. The maximum absolute atomic E-state index is 5.74. The van der Waals surface area contributed by atoms with Crippen molar-refractivity contribution in [3.63, 3.8) is 0 Å². The van der Waals surface area contributed by atoms with E-state index in [-0.39, 0.29) is 24.0 Å². The largest absolute Gasteiger partial charge is 0.379 e. The predicted octanol–water partition coefficient (Wildman–Crippen LogP) is 3.83. The van der Waals surface area contributed by atoms with Crippen LogP contribution in [0.25, 0.3) is 0 Å². The number of nitrogens with zero attached hydrogens (tertiary/aromatic N) is 3. The molecular formula is C20H32BrIN4O. The van der Waals surface area contributed by atoms with Gasteiger partial charge in [0.25, 0.3) is 0 Å². The van der Waals surface area contributed by atoms with Gasteiger partial charge in [0.15, 0.2) is 5.96 Å². The zero-order chi connectivity index (χ0) is 18.4. The van der Waals surface area contributed by atoms with Gasteiger partial charge in [0.1, 0.15) is 0 Å². The molecule has 3 rings (SSSR count). The average Bonchev–Trinajstić information content (AvgIpc) is 3.34. The summed E-state index contributed by atoms with van der Waals surface area (Å²) in [4.78, 5) is 9.05. The van der Waals surface area contributed by atoms with Gasteiger partial charge in [-0.25, -0.2) is 0 Å². The second-order valence-corrected chi connectivity index (χ2v) is 8.36. The lowest BCUT2D eigenvalue weighted by atomic mass is 10.1. The van der Waals surface area contributed by atoms with Gasteiger partial charge in [0.05, 0.1) is 6.61 Å². The summed E-state index contributed by atoms with van der Waals surface area (Å²) < 4.78 is 6.88. The molecule has 1 aliphatic carbocycles. The van der Waals surface area contributed by atoms with Gasteiger partial charge in [0, 0.05) is 57.0 Å². The van der Waals surface area contributed by atoms with Gasteiger partial charge in [-0.15, -0.1) is 24.0 Å². The summed E-state index contributed by atoms with van der Waals surface area (Å²) >= 11 is 3.57. The van der Waals surface area contributed by atoms with Crippen LogP contribution in [0.5, 0.6) is 0 Å². The van der Waals surface area contributed by atoms with Crippen LogP contribution >= 0.6 is 39.9 Å². The smallest absolute Gasteiger partial charge is 0.193 e. The molecule has 1 heterocycles. The number of halogens is 2. The summed E-state index contributed by atoms with van der Waals surface area (Å²) in [6.07, 6.45) is 3.90. The number of benzene rings is 1. The molecule has 1 atom stereocenters. The van der Waals surface area contributed by atoms with E-state index >= 15 is 0 Å². The highest BCUT2D eigenvalue weighted by molar-refractivity contribution is 14.0. The van der Waals surface area contributed by atoms with Crippen molar-refractivity contribution in [1.82, 2.24) is 10.2 Å². The Labute approximate surface area is 189 Å². The minimum absolute atomic E-state index is 0. The molecule has 1 saturated carbocycles. The first-order valence-electron chi connectivity index (χ1n) is 9.65. The Balaban J connectivity index is 0.00000261. The second-order valence-electron chi connectivity index (χ2n) is 7.45. The van der Waals surface area contributed by atoms with Crippen molar-refractivity contribution in [3.05, 3.63) is 28.7 Å². The van der Waals surface area contributed by atoms with E-state index in [0.29, 0.717) is 5.92 Å². The molecular weight excluding hydrogens is 519 g/mol. The Morgan fingerprint density at radius 3 is 2.85 bits per heavy atom. The third-order valence-electron chi connectivity index (χ3n) is 5.20. The molecule has 1 aromatic rings. The molecule has 1 aromatic carbocycles. The number of hydrogen-bond donors (Lipinski definition) is 1. The molecule has 5 nitrogen and oxygen atoms in total. The standard InChI is InChI=1S/C20H31BrN4O.HI/c1-22-20(24(2)10-11-26-15-16-6-7-16)23-13-17-8-9-25(14-17)19-5-3-4-18(21)12-19;/h3-5,12,16-17H,6-11,13-15H2,1-2H3,(H,22,23);1H. The Bertz CT molecular complexity index is 611. The fourth-order valence-electron chi connectivity index (χ4n) is 3.37. The molecule has 1 saturated heterocycles. The Morgan fingerprint density at radius 1 is 1.33 bits per heavy atom. The van der Waals surface area contributed by atoms with E-state index in [1.807, 2.05) is 7.05 Å². The van der Waals surface area contributed by atoms with E-state index in [0.717, 1.165) is 55.7 Å². The molecule has 0 amide bonds. The van der Waals surface area contributed by atoms with E-state index < -0.39 is 0 Å². The molecule has 2 aliphatic rings. The van der Waals surface area contributed by atoms with Gasteiger partial charge in [-0.2, -0.15) is 0 Å². The number of hydrogen-bond acceptors (Lipinski definition) is 3. The summed E-state index contributed by atoms with van der Waals surface area (Å²) in [5.41, 5.74) is 1.30. The molecule has 0 radical (unpaired) electrons. The lowest BCUT2D eigenvalue weighted by Crippen LogP contribution is -2.42. The first-order chi connectivity index (χ1) is 12.7. The van der Waals surface area contributed by atoms with E-state index in [1.165, 1.54) is 24.9 Å². The van der Waals surface area contributed by atoms with Crippen molar-refractivity contribution >= 4 is 51.6 Å². The second kappa shape index (κ2) is 11.5. The SMILES string of the molecule is CN=C(NCC1CCN(c2cccc(Br)c2)C1)N(C)CCOCC1CC1.I. The lowest BCUT2D eigenvalue weighted by Gasteiger charge is -2.24. The van der Waals surface area contributed by atoms with E-state index in [9.17, 15) is 0 Å². The van der Waals surface area contributed by atoms with Crippen molar-refractivity contribution < 1.29 is 4.74 Å². The summed E-state index contributed by atoms with van der Waals surface area (Å²) in [6.45, 7) is 5.74. The number of anilines is 1. The van der Waals surface area contributed by atoms with Gasteiger partial charge in [0.2, 0.25) is 0 Å². The van der Waals surface area contributed by atoms with Gasteiger partial charge in [-0.3, -0.25) is 4.99 Å². The van der Waals surface area contributed by atoms with Crippen LogP contribution in [0.2, 0.25) is 0 Å². The van der Waals surface area contributed by atoms with Gasteiger partial charge >= 0.3 is 0 Å². The van der Waals surface area contributed by atoms with Crippen molar-refractivity contribution in [2.45, 2.75) is 19.3 Å². The molecule has 0 aromatic heterocycles. The third kappa shape index (κ3) is 7.42. The minimum Gasteiger partial charge on any atom is -0.379 e. The Kier molecular flexibility index (Phi) is 9.65. The van der Waals surface area contributed by atoms with Crippen LogP contribution in [0.15, 0.2) is 33.7 Å². The number of nitrogens with one attached hydrogen (secondary N) is 1. The number of ether oxygens (including phenoxy) is 1. The highest BCUT2D eigenvalue weighted by atomic mass is 127. The van der Waals surface area contributed by atoms with Crippen LogP contribution in [0, 0.1) is 11.8 Å². The van der Waals surface area contributed by atoms with Crippen molar-refractivity contribution in [2.24, 2.45) is 16.8 Å². The number of likely N-dealkylation sites (N-methyl/N-ethyl adjacent to an activating group) is 1. The van der Waals surface area contributed by atoms with Crippen LogP contribution in [0.1, 0.15) is 19.3 Å². The molecule has 0 bridgehead atoms. The highest BCUT2D eigenvalue weighted by Gasteiger charge is 2.23. The van der Waals surface area contributed by atoms with Crippen LogP contribution in [-0.2, 0) is 4.74 Å². The summed E-state index contributed by atoms with van der Waals surface area (Å²) in [7, 11) is 3.94. The molecule has 7 heteroatoms. The highest BCUT2D eigenvalue weighted by Crippen LogP contribution is 2.28. The normalized spacial score (nSPS) is 19.7. The molecule has 1 unspecified atom stereocenters. The van der Waals surface area contributed by atoms with Crippen LogP contribution in [0.4, 0.5) is 5.69 Å². The van der Waals surface area contributed by atoms with Crippen LogP contribution in [-0.4, -0.2) is 64.3 Å². The zero-order valence-corrected chi connectivity index (χ0v) is 20.3. The minimum atomic E-state index is 0. The molecule has 1 N–H and O–H groups in total. The van der Waals surface area contributed by atoms with Crippen molar-refractivity contribution in [1.29, 1.82) is 0 Å². The molecule has 152 valence electrons. The zero-order valence-electron chi connectivity index (χ0n) is 16.4. The summed E-state index contributed by atoms with van der Waals surface area (Å²) in [5, 5.41) is 3.54. The number of aliphatic imine (C=N–C) groups is 1. The summed E-state index contributed by atoms with van der Waals surface area (Å²) in [5.74, 6) is 2.43. The van der Waals surface area contributed by atoms with E-state index in [1.54, 1.807) is 0 Å². The Hall–Kier alpha value is -0.540. The maximum atomic E-state index is 5.74. The summed E-state index contributed by atoms with van der Waals surface area (Å²) in [6, 6.07) is 8.57.